The first kappa shape index (κ1) is 18.7. The van der Waals surface area contributed by atoms with Crippen LogP contribution in [0.25, 0.3) is 0 Å². The fourth-order valence-corrected chi connectivity index (χ4v) is 3.49. The van der Waals surface area contributed by atoms with Crippen molar-refractivity contribution in [3.05, 3.63) is 70.9 Å². The van der Waals surface area contributed by atoms with Crippen molar-refractivity contribution in [2.45, 2.75) is 26.2 Å². The van der Waals surface area contributed by atoms with Crippen LogP contribution in [-0.4, -0.2) is 30.5 Å². The molecular formula is C22H23NO4. The number of esters is 1. The van der Waals surface area contributed by atoms with Gasteiger partial charge in [0.1, 0.15) is 11.3 Å². The van der Waals surface area contributed by atoms with Crippen molar-refractivity contribution in [1.82, 2.24) is 0 Å². The van der Waals surface area contributed by atoms with Gasteiger partial charge in [-0.05, 0) is 30.2 Å². The van der Waals surface area contributed by atoms with E-state index >= 15 is 0 Å². The summed E-state index contributed by atoms with van der Waals surface area (Å²) in [7, 11) is 1.92. The van der Waals surface area contributed by atoms with E-state index in [2.05, 4.69) is 19.9 Å². The van der Waals surface area contributed by atoms with E-state index in [0.717, 1.165) is 16.9 Å². The van der Waals surface area contributed by atoms with Crippen molar-refractivity contribution in [2.24, 2.45) is 0 Å². The van der Waals surface area contributed by atoms with Gasteiger partial charge in [-0.3, -0.25) is 4.79 Å². The Morgan fingerprint density at radius 1 is 1.15 bits per heavy atom. The van der Waals surface area contributed by atoms with Gasteiger partial charge in [0.2, 0.25) is 0 Å². The van der Waals surface area contributed by atoms with Crippen LogP contribution in [0.5, 0.6) is 5.75 Å². The van der Waals surface area contributed by atoms with Crippen molar-refractivity contribution < 1.29 is 19.4 Å². The van der Waals surface area contributed by atoms with Crippen molar-refractivity contribution in [1.29, 1.82) is 0 Å². The van der Waals surface area contributed by atoms with Gasteiger partial charge in [-0.2, -0.15) is 0 Å². The minimum atomic E-state index is -0.717. The number of fused-ring (bicyclic) bond motifs is 1. The van der Waals surface area contributed by atoms with E-state index in [4.69, 9.17) is 4.74 Å². The number of rotatable bonds is 4. The largest absolute Gasteiger partial charge is 0.507 e. The third-order valence-electron chi connectivity index (χ3n) is 5.04. The number of para-hydroxylation sites is 2. The molecular weight excluding hydrogens is 342 g/mol. The van der Waals surface area contributed by atoms with Gasteiger partial charge in [0.05, 0.1) is 0 Å². The molecule has 0 aliphatic carbocycles. The van der Waals surface area contributed by atoms with Crippen LogP contribution in [0.2, 0.25) is 0 Å². The molecule has 0 saturated carbocycles. The van der Waals surface area contributed by atoms with E-state index < -0.39 is 5.97 Å². The van der Waals surface area contributed by atoms with Gasteiger partial charge in [0.25, 0.3) is 0 Å². The fourth-order valence-electron chi connectivity index (χ4n) is 3.49. The molecule has 5 heteroatoms. The standard InChI is InChI=1S/C22H23NO4/c1-14-8-7-9-16(20(14)25)21(26)27-13-15(24)12-19-22(2,3)17-10-5-6-11-18(17)23(19)4/h5-12,25H,13H2,1-4H3/b19-12-. The van der Waals surface area contributed by atoms with Gasteiger partial charge in [-0.1, -0.05) is 44.2 Å². The minimum Gasteiger partial charge on any atom is -0.507 e. The summed E-state index contributed by atoms with van der Waals surface area (Å²) >= 11 is 0. The average Bonchev–Trinajstić information content (AvgIpc) is 2.83. The topological polar surface area (TPSA) is 66.8 Å². The van der Waals surface area contributed by atoms with Crippen molar-refractivity contribution in [3.8, 4) is 5.75 Å². The molecule has 27 heavy (non-hydrogen) atoms. The van der Waals surface area contributed by atoms with Crippen LogP contribution >= 0.6 is 0 Å². The van der Waals surface area contributed by atoms with Gasteiger partial charge < -0.3 is 14.7 Å². The Labute approximate surface area is 158 Å². The molecule has 0 fully saturated rings. The number of ketones is 1. The highest BCUT2D eigenvalue weighted by Gasteiger charge is 2.38. The summed E-state index contributed by atoms with van der Waals surface area (Å²) in [6, 6.07) is 12.8. The number of phenolic OH excluding ortho intramolecular Hbond substituents is 1. The maximum atomic E-state index is 12.4. The Bertz CT molecular complexity index is 943. The summed E-state index contributed by atoms with van der Waals surface area (Å²) in [4.78, 5) is 26.6. The number of benzene rings is 2. The summed E-state index contributed by atoms with van der Waals surface area (Å²) in [6.07, 6.45) is 1.53. The number of likely N-dealkylation sites (N-methyl/N-ethyl adjacent to an activating group) is 1. The first-order valence-corrected chi connectivity index (χ1v) is 8.77. The van der Waals surface area contributed by atoms with Crippen LogP contribution in [0.1, 0.15) is 35.3 Å². The molecule has 2 aromatic carbocycles. The zero-order valence-corrected chi connectivity index (χ0v) is 15.9. The molecule has 1 heterocycles. The van der Waals surface area contributed by atoms with Crippen LogP contribution in [0.15, 0.2) is 54.2 Å². The van der Waals surface area contributed by atoms with Gasteiger partial charge in [-0.15, -0.1) is 0 Å². The number of aromatic hydroxyl groups is 1. The molecule has 2 aromatic rings. The number of hydrogen-bond acceptors (Lipinski definition) is 5. The molecule has 3 rings (SSSR count). The number of anilines is 1. The highest BCUT2D eigenvalue weighted by Crippen LogP contribution is 2.46. The SMILES string of the molecule is Cc1cccc(C(=O)OCC(=O)/C=C2\N(C)c3ccccc3C2(C)C)c1O. The Balaban J connectivity index is 1.74. The molecule has 0 bridgehead atoms. The van der Waals surface area contributed by atoms with E-state index in [1.165, 1.54) is 12.1 Å². The lowest BCUT2D eigenvalue weighted by atomic mass is 9.83. The lowest BCUT2D eigenvalue weighted by Crippen LogP contribution is -2.25. The zero-order chi connectivity index (χ0) is 19.8. The Hall–Kier alpha value is -3.08. The van der Waals surface area contributed by atoms with Crippen LogP contribution in [0.4, 0.5) is 5.69 Å². The van der Waals surface area contributed by atoms with Crippen LogP contribution in [0.3, 0.4) is 0 Å². The van der Waals surface area contributed by atoms with E-state index in [1.807, 2.05) is 30.1 Å². The quantitative estimate of drug-likeness (QED) is 0.660. The van der Waals surface area contributed by atoms with Crippen LogP contribution in [0, 0.1) is 6.92 Å². The number of aryl methyl sites for hydroxylation is 1. The minimum absolute atomic E-state index is 0.0566. The zero-order valence-electron chi connectivity index (χ0n) is 15.9. The summed E-state index contributed by atoms with van der Waals surface area (Å²) in [5, 5.41) is 9.96. The first-order chi connectivity index (χ1) is 12.7. The molecule has 1 aliphatic heterocycles. The molecule has 0 saturated heterocycles. The number of hydrogen-bond donors (Lipinski definition) is 1. The molecule has 1 aliphatic rings. The summed E-state index contributed by atoms with van der Waals surface area (Å²) < 4.78 is 5.10. The molecule has 140 valence electrons. The summed E-state index contributed by atoms with van der Waals surface area (Å²) in [5.41, 5.74) is 3.37. The third-order valence-corrected chi connectivity index (χ3v) is 5.04. The third kappa shape index (κ3) is 3.33. The fraction of sp³-hybridized carbons (Fsp3) is 0.273. The molecule has 0 spiro atoms. The number of nitrogens with zero attached hydrogens (tertiary/aromatic N) is 1. The maximum Gasteiger partial charge on any atom is 0.342 e. The van der Waals surface area contributed by atoms with Crippen molar-refractivity contribution in [3.63, 3.8) is 0 Å². The van der Waals surface area contributed by atoms with Gasteiger partial charge in [0.15, 0.2) is 12.4 Å². The lowest BCUT2D eigenvalue weighted by molar-refractivity contribution is -0.117. The second kappa shape index (κ2) is 6.91. The Morgan fingerprint density at radius 2 is 1.85 bits per heavy atom. The molecule has 0 aromatic heterocycles. The second-order valence-electron chi connectivity index (χ2n) is 7.24. The molecule has 0 unspecified atom stereocenters. The number of allylic oxidation sites excluding steroid dienone is 1. The summed E-state index contributed by atoms with van der Waals surface area (Å²) in [6.45, 7) is 5.43. The van der Waals surface area contributed by atoms with Crippen LogP contribution in [-0.2, 0) is 14.9 Å². The molecule has 5 nitrogen and oxygen atoms in total. The van der Waals surface area contributed by atoms with E-state index in [1.54, 1.807) is 19.1 Å². The predicted octanol–water partition coefficient (Wildman–Crippen LogP) is 3.74. The van der Waals surface area contributed by atoms with E-state index in [9.17, 15) is 14.7 Å². The Morgan fingerprint density at radius 3 is 2.56 bits per heavy atom. The van der Waals surface area contributed by atoms with Gasteiger partial charge in [0, 0.05) is 29.9 Å². The number of ether oxygens (including phenoxy) is 1. The maximum absolute atomic E-state index is 12.4. The van der Waals surface area contributed by atoms with Gasteiger partial charge in [-0.25, -0.2) is 4.79 Å². The average molecular weight is 365 g/mol. The molecule has 1 N–H and O–H groups in total. The van der Waals surface area contributed by atoms with E-state index in [0.29, 0.717) is 5.56 Å². The van der Waals surface area contributed by atoms with Crippen molar-refractivity contribution in [2.75, 3.05) is 18.6 Å². The predicted molar refractivity (Wildman–Crippen MR) is 104 cm³/mol. The normalized spacial score (nSPS) is 16.3. The molecule has 0 atom stereocenters. The first-order valence-electron chi connectivity index (χ1n) is 8.77. The lowest BCUT2D eigenvalue weighted by Gasteiger charge is -2.23. The smallest absolute Gasteiger partial charge is 0.342 e. The Kier molecular flexibility index (Phi) is 4.79. The van der Waals surface area contributed by atoms with E-state index in [-0.39, 0.29) is 29.1 Å². The highest BCUT2D eigenvalue weighted by molar-refractivity contribution is 5.97. The molecule has 0 radical (unpaired) electrons. The second-order valence-corrected chi connectivity index (χ2v) is 7.24. The monoisotopic (exact) mass is 365 g/mol. The number of carbonyl (C=O) groups excluding carboxylic acids is 2. The highest BCUT2D eigenvalue weighted by atomic mass is 16.5. The van der Waals surface area contributed by atoms with Crippen molar-refractivity contribution >= 4 is 17.4 Å². The number of phenols is 1. The summed E-state index contributed by atoms with van der Waals surface area (Å²) in [5.74, 6) is -1.15. The number of carbonyl (C=O) groups is 2. The molecule has 0 amide bonds. The van der Waals surface area contributed by atoms with Gasteiger partial charge >= 0.3 is 5.97 Å². The van der Waals surface area contributed by atoms with Crippen LogP contribution < -0.4 is 4.90 Å².